The van der Waals surface area contributed by atoms with Crippen LogP contribution in [0.5, 0.6) is 0 Å². The van der Waals surface area contributed by atoms with E-state index in [-0.39, 0.29) is 0 Å². The summed E-state index contributed by atoms with van der Waals surface area (Å²) >= 11 is 1.61. The van der Waals surface area contributed by atoms with E-state index in [0.29, 0.717) is 0 Å². The third kappa shape index (κ3) is 2.23. The summed E-state index contributed by atoms with van der Waals surface area (Å²) < 4.78 is 0. The van der Waals surface area contributed by atoms with Crippen LogP contribution in [0.25, 0.3) is 33.1 Å². The molecule has 2 aromatic carbocycles. The Labute approximate surface area is 126 Å². The number of nitrogens with zero attached hydrogens (tertiary/aromatic N) is 2. The smallest absolute Gasteiger partial charge is 0.167 e. The van der Waals surface area contributed by atoms with E-state index in [1.54, 1.807) is 11.3 Å². The van der Waals surface area contributed by atoms with Crippen molar-refractivity contribution in [2.24, 2.45) is 0 Å². The van der Waals surface area contributed by atoms with Gasteiger partial charge in [-0.1, -0.05) is 42.0 Å². The van der Waals surface area contributed by atoms with E-state index in [4.69, 9.17) is 4.98 Å². The molecule has 2 heterocycles. The highest BCUT2D eigenvalue weighted by Crippen LogP contribution is 2.28. The predicted octanol–water partition coefficient (Wildman–Crippen LogP) is 4.66. The average Bonchev–Trinajstić information content (AvgIpc) is 3.14. The first-order chi connectivity index (χ1) is 10.3. The lowest BCUT2D eigenvalue weighted by Gasteiger charge is -1.96. The van der Waals surface area contributed by atoms with Gasteiger partial charge in [-0.2, -0.15) is 0 Å². The lowest BCUT2D eigenvalue weighted by molar-refractivity contribution is 1.29. The molecule has 0 aliphatic rings. The molecule has 0 aliphatic carbocycles. The fourth-order valence-corrected chi connectivity index (χ4v) is 3.06. The largest absolute Gasteiger partial charge is 0.336 e. The first-order valence-corrected chi connectivity index (χ1v) is 7.65. The van der Waals surface area contributed by atoms with Crippen LogP contribution in [0.2, 0.25) is 0 Å². The second kappa shape index (κ2) is 4.82. The van der Waals surface area contributed by atoms with Crippen LogP contribution in [0.3, 0.4) is 0 Å². The van der Waals surface area contributed by atoms with Crippen LogP contribution in [-0.4, -0.2) is 15.0 Å². The Morgan fingerprint density at radius 3 is 2.57 bits per heavy atom. The Kier molecular flexibility index (Phi) is 2.82. The van der Waals surface area contributed by atoms with Crippen molar-refractivity contribution >= 4 is 22.4 Å². The number of hydrogen-bond donors (Lipinski definition) is 1. The minimum Gasteiger partial charge on any atom is -0.336 e. The molecule has 0 saturated carbocycles. The number of nitrogens with one attached hydrogen (secondary N) is 1. The summed E-state index contributed by atoms with van der Waals surface area (Å²) in [6.45, 7) is 2.09. The topological polar surface area (TPSA) is 41.6 Å². The lowest BCUT2D eigenvalue weighted by atomic mass is 10.1. The van der Waals surface area contributed by atoms with E-state index in [2.05, 4.69) is 46.5 Å². The van der Waals surface area contributed by atoms with Crippen LogP contribution in [0.1, 0.15) is 5.56 Å². The number of H-pyrrole nitrogens is 1. The standard InChI is InChI=1S/C17H13N3S/c1-11-6-8-12(9-7-11)15-10-21-17(20-15)16-18-13-4-2-3-5-14(13)19-16/h2-10H,1H3,(H,18,19). The minimum absolute atomic E-state index is 0.833. The number of aryl methyl sites for hydroxylation is 1. The van der Waals surface area contributed by atoms with E-state index in [1.807, 2.05) is 24.3 Å². The highest BCUT2D eigenvalue weighted by Gasteiger charge is 2.10. The fraction of sp³-hybridized carbons (Fsp3) is 0.0588. The van der Waals surface area contributed by atoms with Crippen LogP contribution in [-0.2, 0) is 0 Å². The normalized spacial score (nSPS) is 11.1. The molecule has 0 fully saturated rings. The molecule has 0 aliphatic heterocycles. The summed E-state index contributed by atoms with van der Waals surface area (Å²) in [5.41, 5.74) is 5.40. The number of hydrogen-bond acceptors (Lipinski definition) is 3. The van der Waals surface area contributed by atoms with Crippen LogP contribution in [0.4, 0.5) is 0 Å². The SMILES string of the molecule is Cc1ccc(-c2csc(-c3nc4ccccc4[nH]3)n2)cc1. The van der Waals surface area contributed by atoms with Gasteiger partial charge in [-0.05, 0) is 19.1 Å². The van der Waals surface area contributed by atoms with Gasteiger partial charge in [-0.15, -0.1) is 11.3 Å². The average molecular weight is 291 g/mol. The summed E-state index contributed by atoms with van der Waals surface area (Å²) in [6, 6.07) is 16.4. The van der Waals surface area contributed by atoms with E-state index in [9.17, 15) is 0 Å². The fourth-order valence-electron chi connectivity index (χ4n) is 2.29. The zero-order chi connectivity index (χ0) is 14.2. The molecule has 0 unspecified atom stereocenters. The summed E-state index contributed by atoms with van der Waals surface area (Å²) in [5.74, 6) is 0.833. The molecule has 0 spiro atoms. The summed E-state index contributed by atoms with van der Waals surface area (Å²) in [5, 5.41) is 2.99. The minimum atomic E-state index is 0.833. The Hall–Kier alpha value is -2.46. The van der Waals surface area contributed by atoms with Crippen LogP contribution in [0.15, 0.2) is 53.9 Å². The van der Waals surface area contributed by atoms with Gasteiger partial charge in [-0.3, -0.25) is 0 Å². The molecule has 102 valence electrons. The third-order valence-corrected chi connectivity index (χ3v) is 4.29. The number of thiazole rings is 1. The van der Waals surface area contributed by atoms with E-state index in [1.165, 1.54) is 5.56 Å². The van der Waals surface area contributed by atoms with Gasteiger partial charge in [0.05, 0.1) is 16.7 Å². The van der Waals surface area contributed by atoms with Gasteiger partial charge in [0.2, 0.25) is 0 Å². The van der Waals surface area contributed by atoms with Crippen molar-refractivity contribution < 1.29 is 0 Å². The number of aromatic amines is 1. The van der Waals surface area contributed by atoms with Crippen molar-refractivity contribution in [3.05, 3.63) is 59.5 Å². The van der Waals surface area contributed by atoms with Crippen molar-refractivity contribution in [1.29, 1.82) is 0 Å². The molecular formula is C17H13N3S. The molecule has 1 N–H and O–H groups in total. The zero-order valence-corrected chi connectivity index (χ0v) is 12.3. The number of aromatic nitrogens is 3. The van der Waals surface area contributed by atoms with Crippen LogP contribution in [0, 0.1) is 6.92 Å². The van der Waals surface area contributed by atoms with E-state index < -0.39 is 0 Å². The van der Waals surface area contributed by atoms with E-state index >= 15 is 0 Å². The number of para-hydroxylation sites is 2. The van der Waals surface area contributed by atoms with Crippen molar-refractivity contribution in [3.8, 4) is 22.1 Å². The van der Waals surface area contributed by atoms with Crippen molar-refractivity contribution in [1.82, 2.24) is 15.0 Å². The van der Waals surface area contributed by atoms with Crippen molar-refractivity contribution in [3.63, 3.8) is 0 Å². The Bertz CT molecular complexity index is 870. The van der Waals surface area contributed by atoms with Gasteiger partial charge in [0.1, 0.15) is 0 Å². The van der Waals surface area contributed by atoms with E-state index in [0.717, 1.165) is 33.1 Å². The zero-order valence-electron chi connectivity index (χ0n) is 11.5. The van der Waals surface area contributed by atoms with Gasteiger partial charge in [0.15, 0.2) is 10.8 Å². The van der Waals surface area contributed by atoms with Crippen LogP contribution >= 0.6 is 11.3 Å². The Balaban J connectivity index is 1.75. The van der Waals surface area contributed by atoms with Gasteiger partial charge < -0.3 is 4.98 Å². The highest BCUT2D eigenvalue weighted by molar-refractivity contribution is 7.13. The summed E-state index contributed by atoms with van der Waals surface area (Å²) in [6.07, 6.45) is 0. The van der Waals surface area contributed by atoms with Crippen molar-refractivity contribution in [2.45, 2.75) is 6.92 Å². The highest BCUT2D eigenvalue weighted by atomic mass is 32.1. The van der Waals surface area contributed by atoms with Crippen molar-refractivity contribution in [2.75, 3.05) is 0 Å². The summed E-state index contributed by atoms with van der Waals surface area (Å²) in [7, 11) is 0. The van der Waals surface area contributed by atoms with Gasteiger partial charge >= 0.3 is 0 Å². The first-order valence-electron chi connectivity index (χ1n) is 6.77. The molecule has 3 nitrogen and oxygen atoms in total. The Morgan fingerprint density at radius 2 is 1.76 bits per heavy atom. The van der Waals surface area contributed by atoms with Gasteiger partial charge in [0, 0.05) is 10.9 Å². The summed E-state index contributed by atoms with van der Waals surface area (Å²) in [4.78, 5) is 12.6. The molecule has 4 rings (SSSR count). The number of imidazole rings is 1. The maximum atomic E-state index is 4.70. The maximum Gasteiger partial charge on any atom is 0.167 e. The maximum absolute atomic E-state index is 4.70. The second-order valence-corrected chi connectivity index (χ2v) is 5.86. The number of fused-ring (bicyclic) bond motifs is 1. The first kappa shape index (κ1) is 12.3. The molecule has 21 heavy (non-hydrogen) atoms. The number of benzene rings is 2. The molecule has 0 atom stereocenters. The number of rotatable bonds is 2. The molecule has 0 bridgehead atoms. The van der Waals surface area contributed by atoms with Gasteiger partial charge in [-0.25, -0.2) is 9.97 Å². The molecule has 4 heteroatoms. The molecule has 0 saturated heterocycles. The quantitative estimate of drug-likeness (QED) is 0.583. The monoisotopic (exact) mass is 291 g/mol. The molecular weight excluding hydrogens is 278 g/mol. The predicted molar refractivity (Wildman–Crippen MR) is 87.4 cm³/mol. The Morgan fingerprint density at radius 1 is 0.952 bits per heavy atom. The van der Waals surface area contributed by atoms with Crippen LogP contribution < -0.4 is 0 Å². The van der Waals surface area contributed by atoms with Gasteiger partial charge in [0.25, 0.3) is 0 Å². The molecule has 4 aromatic rings. The lowest BCUT2D eigenvalue weighted by Crippen LogP contribution is -1.81. The second-order valence-electron chi connectivity index (χ2n) is 5.01. The molecule has 0 radical (unpaired) electrons. The molecule has 0 amide bonds. The third-order valence-electron chi connectivity index (χ3n) is 3.44. The molecule has 2 aromatic heterocycles.